The number of imidazole rings is 1. The molecule has 0 spiro atoms. The van der Waals surface area contributed by atoms with Crippen LogP contribution >= 0.6 is 11.8 Å². The van der Waals surface area contributed by atoms with Crippen molar-refractivity contribution in [2.45, 2.75) is 31.4 Å². The van der Waals surface area contributed by atoms with Crippen molar-refractivity contribution in [3.63, 3.8) is 0 Å². The van der Waals surface area contributed by atoms with E-state index >= 15 is 0 Å². The summed E-state index contributed by atoms with van der Waals surface area (Å²) in [5.74, 6) is 1.12. The third-order valence-electron chi connectivity index (χ3n) is 3.43. The fraction of sp³-hybridized carbons (Fsp3) is 0.412. The Morgan fingerprint density at radius 3 is 2.87 bits per heavy atom. The number of nitrogens with one attached hydrogen (secondary N) is 1. The van der Waals surface area contributed by atoms with Gasteiger partial charge in [0, 0.05) is 24.9 Å². The molecule has 1 amide bonds. The van der Waals surface area contributed by atoms with Gasteiger partial charge in [-0.1, -0.05) is 37.7 Å². The van der Waals surface area contributed by atoms with Crippen molar-refractivity contribution < 1.29 is 9.90 Å². The number of rotatable bonds is 7. The smallest absolute Gasteiger partial charge is 0.251 e. The highest BCUT2D eigenvalue weighted by atomic mass is 32.2. The number of carbonyl (C=O) groups excluding carboxylic acids is 1. The summed E-state index contributed by atoms with van der Waals surface area (Å²) in [5.41, 5.74) is 2.54. The summed E-state index contributed by atoms with van der Waals surface area (Å²) < 4.78 is 1.88. The van der Waals surface area contributed by atoms with Crippen LogP contribution < -0.4 is 5.32 Å². The highest BCUT2D eigenvalue weighted by molar-refractivity contribution is 7.98. The predicted molar refractivity (Wildman–Crippen MR) is 92.3 cm³/mol. The molecule has 124 valence electrons. The van der Waals surface area contributed by atoms with Crippen molar-refractivity contribution in [3.05, 3.63) is 47.3 Å². The molecule has 2 aromatic rings. The van der Waals surface area contributed by atoms with E-state index in [2.05, 4.69) is 24.1 Å². The lowest BCUT2D eigenvalue weighted by atomic mass is 10.1. The minimum Gasteiger partial charge on any atom is -0.390 e. The number of carbonyl (C=O) groups is 1. The molecule has 0 unspecified atom stereocenters. The Labute approximate surface area is 141 Å². The first-order valence-electron chi connectivity index (χ1n) is 7.62. The number of aliphatic hydroxyl groups excluding tert-OH is 1. The zero-order valence-corrected chi connectivity index (χ0v) is 14.6. The molecule has 0 aliphatic rings. The molecular weight excluding hydrogens is 310 g/mol. The maximum absolute atomic E-state index is 12.1. The summed E-state index contributed by atoms with van der Waals surface area (Å²) in [5, 5.41) is 13.0. The fourth-order valence-electron chi connectivity index (χ4n) is 2.06. The third-order valence-corrected chi connectivity index (χ3v) is 4.55. The fourth-order valence-corrected chi connectivity index (χ4v) is 2.97. The van der Waals surface area contributed by atoms with Crippen molar-refractivity contribution in [2.75, 3.05) is 6.54 Å². The van der Waals surface area contributed by atoms with Crippen molar-refractivity contribution in [1.82, 2.24) is 14.9 Å². The van der Waals surface area contributed by atoms with Crippen LogP contribution in [-0.2, 0) is 19.4 Å². The van der Waals surface area contributed by atoms with Crippen LogP contribution in [0.15, 0.2) is 35.6 Å². The Kier molecular flexibility index (Phi) is 6.24. The van der Waals surface area contributed by atoms with Crippen LogP contribution in [0.5, 0.6) is 0 Å². The average molecular weight is 333 g/mol. The van der Waals surface area contributed by atoms with E-state index in [4.69, 9.17) is 0 Å². The standard InChI is InChI=1S/C17H23N3O2S/c1-12(2)8-18-16(22)14-6-4-5-13(7-14)11-23-17-19-9-15(10-21)20(17)3/h4-7,9,12,21H,8,10-11H2,1-3H3,(H,18,22). The third kappa shape index (κ3) is 4.84. The molecule has 1 aromatic carbocycles. The molecule has 0 aliphatic heterocycles. The summed E-state index contributed by atoms with van der Waals surface area (Å²) in [6.45, 7) is 4.80. The van der Waals surface area contributed by atoms with Gasteiger partial charge in [-0.3, -0.25) is 4.79 Å². The van der Waals surface area contributed by atoms with Crippen molar-refractivity contribution in [3.8, 4) is 0 Å². The molecule has 0 saturated carbocycles. The van der Waals surface area contributed by atoms with Gasteiger partial charge in [-0.2, -0.15) is 0 Å². The number of hydrogen-bond donors (Lipinski definition) is 2. The van der Waals surface area contributed by atoms with Crippen LogP contribution in [-0.4, -0.2) is 27.1 Å². The van der Waals surface area contributed by atoms with E-state index in [0.717, 1.165) is 22.2 Å². The normalized spacial score (nSPS) is 11.0. The van der Waals surface area contributed by atoms with E-state index in [1.54, 1.807) is 18.0 Å². The van der Waals surface area contributed by atoms with Crippen LogP contribution in [0.3, 0.4) is 0 Å². The van der Waals surface area contributed by atoms with Crippen molar-refractivity contribution in [2.24, 2.45) is 13.0 Å². The number of amides is 1. The summed E-state index contributed by atoms with van der Waals surface area (Å²) in [4.78, 5) is 16.4. The second-order valence-corrected chi connectivity index (χ2v) is 6.78. The summed E-state index contributed by atoms with van der Waals surface area (Å²) in [6.07, 6.45) is 1.68. The minimum atomic E-state index is -0.0369. The predicted octanol–water partition coefficient (Wildman–Crippen LogP) is 2.59. The summed E-state index contributed by atoms with van der Waals surface area (Å²) >= 11 is 1.58. The Hall–Kier alpha value is -1.79. The van der Waals surface area contributed by atoms with Crippen LogP contribution in [0.2, 0.25) is 0 Å². The highest BCUT2D eigenvalue weighted by Gasteiger charge is 2.09. The first-order valence-corrected chi connectivity index (χ1v) is 8.61. The number of hydrogen-bond acceptors (Lipinski definition) is 4. The largest absolute Gasteiger partial charge is 0.390 e. The first-order chi connectivity index (χ1) is 11.0. The van der Waals surface area contributed by atoms with Gasteiger partial charge in [0.05, 0.1) is 18.5 Å². The average Bonchev–Trinajstić information content (AvgIpc) is 2.91. The molecule has 0 bridgehead atoms. The molecule has 0 atom stereocenters. The quantitative estimate of drug-likeness (QED) is 0.764. The van der Waals surface area contributed by atoms with Crippen molar-refractivity contribution >= 4 is 17.7 Å². The van der Waals surface area contributed by atoms with Gasteiger partial charge in [0.25, 0.3) is 5.91 Å². The number of aromatic nitrogens is 2. The van der Waals surface area contributed by atoms with Gasteiger partial charge in [-0.05, 0) is 23.6 Å². The first kappa shape index (κ1) is 17.6. The molecule has 5 nitrogen and oxygen atoms in total. The van der Waals surface area contributed by atoms with Gasteiger partial charge in [0.15, 0.2) is 5.16 Å². The molecule has 0 radical (unpaired) electrons. The van der Waals surface area contributed by atoms with Crippen LogP contribution in [0, 0.1) is 5.92 Å². The molecule has 0 aliphatic carbocycles. The maximum atomic E-state index is 12.1. The number of thioether (sulfide) groups is 1. The van der Waals surface area contributed by atoms with E-state index in [1.807, 2.05) is 35.9 Å². The number of benzene rings is 1. The Bertz CT molecular complexity index is 668. The van der Waals surface area contributed by atoms with Gasteiger partial charge in [0.2, 0.25) is 0 Å². The molecule has 23 heavy (non-hydrogen) atoms. The van der Waals surface area contributed by atoms with Crippen LogP contribution in [0.1, 0.15) is 35.5 Å². The lowest BCUT2D eigenvalue weighted by Crippen LogP contribution is -2.27. The zero-order chi connectivity index (χ0) is 16.8. The molecule has 6 heteroatoms. The van der Waals surface area contributed by atoms with E-state index in [9.17, 15) is 9.90 Å². The van der Waals surface area contributed by atoms with Crippen LogP contribution in [0.25, 0.3) is 0 Å². The Balaban J connectivity index is 1.99. The minimum absolute atomic E-state index is 0.0183. The Morgan fingerprint density at radius 1 is 1.43 bits per heavy atom. The Morgan fingerprint density at radius 2 is 2.22 bits per heavy atom. The molecule has 1 aromatic heterocycles. The second kappa shape index (κ2) is 8.17. The van der Waals surface area contributed by atoms with E-state index in [-0.39, 0.29) is 12.5 Å². The van der Waals surface area contributed by atoms with Gasteiger partial charge >= 0.3 is 0 Å². The molecular formula is C17H23N3O2S. The van der Waals surface area contributed by atoms with E-state index in [0.29, 0.717) is 18.0 Å². The summed E-state index contributed by atoms with van der Waals surface area (Å²) in [7, 11) is 1.89. The van der Waals surface area contributed by atoms with Crippen molar-refractivity contribution in [1.29, 1.82) is 0 Å². The van der Waals surface area contributed by atoms with Gasteiger partial charge in [0.1, 0.15) is 0 Å². The molecule has 0 fully saturated rings. The SMILES string of the molecule is CC(C)CNC(=O)c1cccc(CSc2ncc(CO)n2C)c1. The summed E-state index contributed by atoms with van der Waals surface area (Å²) in [6, 6.07) is 7.65. The second-order valence-electron chi connectivity index (χ2n) is 5.84. The maximum Gasteiger partial charge on any atom is 0.251 e. The lowest BCUT2D eigenvalue weighted by molar-refractivity contribution is 0.0949. The number of nitrogens with zero attached hydrogens (tertiary/aromatic N) is 2. The lowest BCUT2D eigenvalue weighted by Gasteiger charge is -2.09. The monoisotopic (exact) mass is 333 g/mol. The van der Waals surface area contributed by atoms with E-state index in [1.165, 1.54) is 0 Å². The van der Waals surface area contributed by atoms with Gasteiger partial charge < -0.3 is 15.0 Å². The van der Waals surface area contributed by atoms with Gasteiger partial charge in [-0.15, -0.1) is 0 Å². The molecule has 0 saturated heterocycles. The molecule has 2 rings (SSSR count). The number of aliphatic hydroxyl groups is 1. The highest BCUT2D eigenvalue weighted by Crippen LogP contribution is 2.22. The van der Waals surface area contributed by atoms with E-state index < -0.39 is 0 Å². The van der Waals surface area contributed by atoms with Crippen LogP contribution in [0.4, 0.5) is 0 Å². The molecule has 1 heterocycles. The topological polar surface area (TPSA) is 67.2 Å². The molecule has 2 N–H and O–H groups in total. The zero-order valence-electron chi connectivity index (χ0n) is 13.7. The van der Waals surface area contributed by atoms with Gasteiger partial charge in [-0.25, -0.2) is 4.98 Å².